The fourth-order valence-electron chi connectivity index (χ4n) is 2.74. The number of rotatable bonds is 9. The maximum absolute atomic E-state index is 12.7. The van der Waals surface area contributed by atoms with E-state index in [4.69, 9.17) is 16.3 Å². The lowest BCUT2D eigenvalue weighted by atomic mass is 10.1. The average molecular weight is 393 g/mol. The number of halogens is 1. The summed E-state index contributed by atoms with van der Waals surface area (Å²) in [7, 11) is 3.93. The molecule has 2 rings (SSSR count). The van der Waals surface area contributed by atoms with Crippen LogP contribution < -0.4 is 10.9 Å². The Bertz CT molecular complexity index is 808. The van der Waals surface area contributed by atoms with Crippen LogP contribution in [0.5, 0.6) is 0 Å². The molecule has 0 aliphatic carbocycles. The number of carbonyl (C=O) groups excluding carboxylic acids is 1. The number of ether oxygens (including phenoxy) is 1. The Hall–Kier alpha value is -2.38. The van der Waals surface area contributed by atoms with Gasteiger partial charge in [0.05, 0.1) is 12.8 Å². The fraction of sp³-hybridized carbons (Fsp3) is 0.421. The molecule has 1 atom stereocenters. The fourth-order valence-corrected chi connectivity index (χ4v) is 2.93. The normalized spacial score (nSPS) is 12.0. The molecule has 1 heterocycles. The second-order valence-corrected chi connectivity index (χ2v) is 6.81. The lowest BCUT2D eigenvalue weighted by Crippen LogP contribution is -2.38. The number of nitrogens with one attached hydrogen (secondary N) is 1. The van der Waals surface area contributed by atoms with E-state index in [1.54, 1.807) is 6.92 Å². The molecule has 8 heteroatoms. The standard InChI is InChI=1S/C19H25ClN4O3/c1-4-27-17(25)13-24-16(20)11-21-18(19(24)26)22-15(12-23(2)3)10-14-8-6-5-7-9-14/h5-9,11,15H,4,10,12-13H2,1-3H3,(H,21,22)/t15-/m0/s1. The van der Waals surface area contributed by atoms with Gasteiger partial charge in [-0.2, -0.15) is 0 Å². The predicted molar refractivity (Wildman–Crippen MR) is 106 cm³/mol. The van der Waals surface area contributed by atoms with Crippen LogP contribution in [0.2, 0.25) is 5.15 Å². The van der Waals surface area contributed by atoms with Gasteiger partial charge in [-0.3, -0.25) is 14.2 Å². The topological polar surface area (TPSA) is 76.5 Å². The van der Waals surface area contributed by atoms with E-state index in [0.717, 1.165) is 16.6 Å². The van der Waals surface area contributed by atoms with Crippen molar-refractivity contribution in [2.45, 2.75) is 25.9 Å². The highest BCUT2D eigenvalue weighted by Crippen LogP contribution is 2.11. The van der Waals surface area contributed by atoms with Gasteiger partial charge in [0.2, 0.25) is 0 Å². The Labute approximate surface area is 163 Å². The molecule has 0 amide bonds. The van der Waals surface area contributed by atoms with E-state index < -0.39 is 11.5 Å². The van der Waals surface area contributed by atoms with E-state index in [0.29, 0.717) is 6.54 Å². The van der Waals surface area contributed by atoms with E-state index >= 15 is 0 Å². The molecule has 0 spiro atoms. The first-order valence-electron chi connectivity index (χ1n) is 8.76. The van der Waals surface area contributed by atoms with Crippen LogP contribution in [0.25, 0.3) is 0 Å². The molecule has 2 aromatic rings. The summed E-state index contributed by atoms with van der Waals surface area (Å²) < 4.78 is 6.06. The minimum atomic E-state index is -0.521. The lowest BCUT2D eigenvalue weighted by molar-refractivity contribution is -0.143. The maximum Gasteiger partial charge on any atom is 0.326 e. The number of esters is 1. The molecule has 1 aromatic carbocycles. The number of hydrogen-bond acceptors (Lipinski definition) is 6. The zero-order chi connectivity index (χ0) is 19.8. The van der Waals surface area contributed by atoms with Crippen molar-refractivity contribution >= 4 is 23.4 Å². The number of benzene rings is 1. The van der Waals surface area contributed by atoms with Gasteiger partial charge in [-0.15, -0.1) is 0 Å². The van der Waals surface area contributed by atoms with E-state index in [1.165, 1.54) is 6.20 Å². The van der Waals surface area contributed by atoms with Crippen molar-refractivity contribution in [2.24, 2.45) is 0 Å². The molecule has 0 aliphatic rings. The summed E-state index contributed by atoms with van der Waals surface area (Å²) in [6, 6.07) is 9.97. The smallest absolute Gasteiger partial charge is 0.326 e. The van der Waals surface area contributed by atoms with Crippen LogP contribution in [0, 0.1) is 0 Å². The van der Waals surface area contributed by atoms with Gasteiger partial charge in [0.15, 0.2) is 5.82 Å². The first kappa shape index (κ1) is 20.9. The van der Waals surface area contributed by atoms with Crippen molar-refractivity contribution in [3.8, 4) is 0 Å². The highest BCUT2D eigenvalue weighted by atomic mass is 35.5. The van der Waals surface area contributed by atoms with Crippen molar-refractivity contribution < 1.29 is 9.53 Å². The summed E-state index contributed by atoms with van der Waals surface area (Å²) in [6.45, 7) is 2.40. The van der Waals surface area contributed by atoms with Crippen molar-refractivity contribution in [1.82, 2.24) is 14.5 Å². The molecule has 0 bridgehead atoms. The van der Waals surface area contributed by atoms with Crippen LogP contribution in [0.1, 0.15) is 12.5 Å². The van der Waals surface area contributed by atoms with E-state index in [-0.39, 0.29) is 30.2 Å². The van der Waals surface area contributed by atoms with Crippen LogP contribution in [-0.2, 0) is 22.5 Å². The van der Waals surface area contributed by atoms with Crippen molar-refractivity contribution in [3.63, 3.8) is 0 Å². The molecule has 27 heavy (non-hydrogen) atoms. The van der Waals surface area contributed by atoms with Gasteiger partial charge in [-0.25, -0.2) is 4.98 Å². The van der Waals surface area contributed by atoms with Gasteiger partial charge in [-0.05, 0) is 33.0 Å². The first-order chi connectivity index (χ1) is 12.9. The zero-order valence-corrected chi connectivity index (χ0v) is 16.6. The van der Waals surface area contributed by atoms with Gasteiger partial charge in [0.1, 0.15) is 11.7 Å². The summed E-state index contributed by atoms with van der Waals surface area (Å²) in [5.74, 6) is -0.362. The molecule has 146 valence electrons. The Morgan fingerprint density at radius 1 is 1.33 bits per heavy atom. The second-order valence-electron chi connectivity index (χ2n) is 6.42. The van der Waals surface area contributed by atoms with Crippen molar-refractivity contribution in [2.75, 3.05) is 32.6 Å². The third-order valence-corrected chi connectivity index (χ3v) is 4.15. The summed E-state index contributed by atoms with van der Waals surface area (Å²) in [5, 5.41) is 3.29. The number of hydrogen-bond donors (Lipinski definition) is 1. The van der Waals surface area contributed by atoms with Gasteiger partial charge in [-0.1, -0.05) is 41.9 Å². The molecule has 1 aromatic heterocycles. The SMILES string of the molecule is CCOC(=O)Cn1c(Cl)cnc(N[C@@H](Cc2ccccc2)CN(C)C)c1=O. The Morgan fingerprint density at radius 3 is 2.67 bits per heavy atom. The van der Waals surface area contributed by atoms with E-state index in [1.807, 2.05) is 49.3 Å². The molecule has 0 saturated heterocycles. The summed E-state index contributed by atoms with van der Waals surface area (Å²) in [5.41, 5.74) is 0.699. The van der Waals surface area contributed by atoms with Gasteiger partial charge < -0.3 is 15.0 Å². The van der Waals surface area contributed by atoms with E-state index in [9.17, 15) is 9.59 Å². The third kappa shape index (κ3) is 6.37. The largest absolute Gasteiger partial charge is 0.465 e. The second kappa shape index (κ2) is 10.1. The monoisotopic (exact) mass is 392 g/mol. The van der Waals surface area contributed by atoms with E-state index in [2.05, 4.69) is 10.3 Å². The highest BCUT2D eigenvalue weighted by molar-refractivity contribution is 6.29. The molecule has 1 N–H and O–H groups in total. The molecule has 7 nitrogen and oxygen atoms in total. The maximum atomic E-state index is 12.7. The Balaban J connectivity index is 2.23. The van der Waals surface area contributed by atoms with Gasteiger partial charge in [0, 0.05) is 12.6 Å². The summed E-state index contributed by atoms with van der Waals surface area (Å²) in [4.78, 5) is 30.7. The van der Waals surface area contributed by atoms with Crippen LogP contribution >= 0.6 is 11.6 Å². The molecule has 0 fully saturated rings. The van der Waals surface area contributed by atoms with Crippen LogP contribution in [0.4, 0.5) is 5.82 Å². The molecule has 0 radical (unpaired) electrons. The number of likely N-dealkylation sites (N-methyl/N-ethyl adjacent to an activating group) is 1. The van der Waals surface area contributed by atoms with Crippen molar-refractivity contribution in [1.29, 1.82) is 0 Å². The lowest BCUT2D eigenvalue weighted by Gasteiger charge is -2.23. The molecular formula is C19H25ClN4O3. The van der Waals surface area contributed by atoms with Crippen LogP contribution in [0.3, 0.4) is 0 Å². The van der Waals surface area contributed by atoms with Gasteiger partial charge >= 0.3 is 5.97 Å². The zero-order valence-electron chi connectivity index (χ0n) is 15.8. The number of nitrogens with zero attached hydrogens (tertiary/aromatic N) is 3. The molecule has 0 aliphatic heterocycles. The molecular weight excluding hydrogens is 368 g/mol. The van der Waals surface area contributed by atoms with Crippen LogP contribution in [0.15, 0.2) is 41.3 Å². The van der Waals surface area contributed by atoms with Gasteiger partial charge in [0.25, 0.3) is 5.56 Å². The molecule has 0 unspecified atom stereocenters. The summed E-state index contributed by atoms with van der Waals surface area (Å²) >= 11 is 6.05. The summed E-state index contributed by atoms with van der Waals surface area (Å²) in [6.07, 6.45) is 2.08. The molecule has 0 saturated carbocycles. The van der Waals surface area contributed by atoms with Crippen LogP contribution in [-0.4, -0.2) is 53.7 Å². The minimum absolute atomic E-state index is 0.0418. The predicted octanol–water partition coefficient (Wildman–Crippen LogP) is 2.04. The first-order valence-corrected chi connectivity index (χ1v) is 9.14. The third-order valence-electron chi connectivity index (χ3n) is 3.85. The Kier molecular flexibility index (Phi) is 7.82. The quantitative estimate of drug-likeness (QED) is 0.658. The number of anilines is 1. The highest BCUT2D eigenvalue weighted by Gasteiger charge is 2.17. The number of carbonyl (C=O) groups is 1. The Morgan fingerprint density at radius 2 is 2.04 bits per heavy atom. The van der Waals surface area contributed by atoms with Crippen molar-refractivity contribution in [3.05, 3.63) is 57.6 Å². The minimum Gasteiger partial charge on any atom is -0.465 e. The number of aromatic nitrogens is 2. The average Bonchev–Trinajstić information content (AvgIpc) is 2.61.